The van der Waals surface area contributed by atoms with E-state index >= 15 is 0 Å². The predicted octanol–water partition coefficient (Wildman–Crippen LogP) is -6.62. The molecule has 0 atom stereocenters. The zero-order valence-corrected chi connectivity index (χ0v) is 15.3. The minimum Gasteiger partial charge on any atom is -0.124 e. The van der Waals surface area contributed by atoms with Gasteiger partial charge in [-0.2, -0.15) is 0 Å². The zero-order chi connectivity index (χ0) is 15.4. The Hall–Kier alpha value is -0.625. The molecule has 0 N–H and O–H groups in total. The van der Waals surface area contributed by atoms with Crippen LogP contribution in [0.3, 0.4) is 0 Å². The van der Waals surface area contributed by atoms with E-state index in [1.165, 1.54) is 43.9 Å². The first-order valence-corrected chi connectivity index (χ1v) is 7.96. The number of benzene rings is 1. The molecule has 0 spiro atoms. The number of rotatable bonds is 3. The molecule has 0 bridgehead atoms. The Morgan fingerprint density at radius 3 is 1.65 bits per heavy atom. The number of hydrogen-bond donors (Lipinski definition) is 0. The average molecular weight is 318 g/mol. The van der Waals surface area contributed by atoms with Crippen LogP contribution in [0.4, 0.5) is 0 Å². The van der Waals surface area contributed by atoms with E-state index < -0.39 is 0 Å². The summed E-state index contributed by atoms with van der Waals surface area (Å²) in [5.41, 5.74) is 10.9. The van der Waals surface area contributed by atoms with E-state index in [0.717, 1.165) is 0 Å². The third-order valence-corrected chi connectivity index (χ3v) is 4.60. The molecule has 0 aromatic heterocycles. The van der Waals surface area contributed by atoms with Crippen LogP contribution < -0.4 is 27.3 Å². The second-order valence-electron chi connectivity index (χ2n) is 5.39. The summed E-state index contributed by atoms with van der Waals surface area (Å²) < 4.78 is 0. The Morgan fingerprint density at radius 1 is 0.800 bits per heavy atom. The van der Waals surface area contributed by atoms with Crippen LogP contribution in [-0.2, 0) is 0 Å². The molecule has 1 aromatic rings. The van der Waals surface area contributed by atoms with Gasteiger partial charge < -0.3 is 0 Å². The highest BCUT2D eigenvalue weighted by atomic mass is 79.9. The summed E-state index contributed by atoms with van der Waals surface area (Å²) in [5, 5.41) is 0. The lowest BCUT2D eigenvalue weighted by Gasteiger charge is -2.22. The molecule has 1 aromatic carbocycles. The summed E-state index contributed by atoms with van der Waals surface area (Å²) in [7, 11) is 15.4. The van der Waals surface area contributed by atoms with E-state index in [1.54, 1.807) is 0 Å². The lowest BCUT2D eigenvalue weighted by Crippen LogP contribution is -2.56. The van der Waals surface area contributed by atoms with Gasteiger partial charge in [-0.3, -0.25) is 0 Å². The van der Waals surface area contributed by atoms with Crippen LogP contribution in [0.2, 0.25) is 0 Å². The minimum atomic E-state index is 1.29. The van der Waals surface area contributed by atoms with Crippen LogP contribution in [0.1, 0.15) is 5.56 Å². The first-order valence-electron chi connectivity index (χ1n) is 7.04. The topological polar surface area (TPSA) is 0 Å². The maximum Gasteiger partial charge on any atom is 0.140 e. The third-order valence-electron chi connectivity index (χ3n) is 4.34. The molecule has 0 heterocycles. The van der Waals surface area contributed by atoms with E-state index in [-0.39, 0.29) is 0 Å². The predicted molar refractivity (Wildman–Crippen MR) is 119 cm³/mol. The van der Waals surface area contributed by atoms with Crippen molar-refractivity contribution in [3.05, 3.63) is 34.1 Å². The fourth-order valence-corrected chi connectivity index (χ4v) is 2.98. The Labute approximate surface area is 137 Å². The van der Waals surface area contributed by atoms with Crippen LogP contribution in [-0.4, -0.2) is 54.9 Å². The standard InChI is InChI=1S/C12H18B7Br/c13-3-1-6(14)5(2-4-20)7-8(15)10(17)12(19)11(18)9(7)16/h1-4H,13-19H2/b3-1+,4-2+,6-5-. The number of hydrogen-bond acceptors (Lipinski definition) is 0. The first-order chi connectivity index (χ1) is 9.36. The molecular weight excluding hydrogens is 300 g/mol. The molecule has 0 amide bonds. The summed E-state index contributed by atoms with van der Waals surface area (Å²) in [6, 6.07) is 0. The van der Waals surface area contributed by atoms with Gasteiger partial charge in [-0.05, 0) is 22.2 Å². The molecule has 0 fully saturated rings. The van der Waals surface area contributed by atoms with Gasteiger partial charge in [0.25, 0.3) is 0 Å². The monoisotopic (exact) mass is 318 g/mol. The van der Waals surface area contributed by atoms with Gasteiger partial charge in [0.05, 0.1) is 0 Å². The molecule has 0 aliphatic heterocycles. The van der Waals surface area contributed by atoms with Crippen molar-refractivity contribution in [3.8, 4) is 0 Å². The molecule has 0 radical (unpaired) electrons. The summed E-state index contributed by atoms with van der Waals surface area (Å²) in [5.74, 6) is 2.09. The molecule has 0 saturated carbocycles. The van der Waals surface area contributed by atoms with E-state index in [9.17, 15) is 0 Å². The second kappa shape index (κ2) is 7.40. The summed E-state index contributed by atoms with van der Waals surface area (Å²) in [6.45, 7) is 0. The maximum absolute atomic E-state index is 3.43. The van der Waals surface area contributed by atoms with Gasteiger partial charge in [0, 0.05) is 0 Å². The highest BCUT2D eigenvalue weighted by molar-refractivity contribution is 9.11. The zero-order valence-electron chi connectivity index (χ0n) is 13.7. The number of allylic oxidation sites excluding steroid dienone is 4. The maximum atomic E-state index is 3.43. The van der Waals surface area contributed by atoms with Crippen molar-refractivity contribution in [3.63, 3.8) is 0 Å². The summed E-state index contributed by atoms with van der Waals surface area (Å²) in [4.78, 5) is 1.94. The minimum absolute atomic E-state index is 1.29. The Kier molecular flexibility index (Phi) is 6.45. The lowest BCUT2D eigenvalue weighted by atomic mass is 9.59. The Balaban J connectivity index is 3.80. The highest BCUT2D eigenvalue weighted by Crippen LogP contribution is 2.16. The molecule has 0 unspecified atom stereocenters. The van der Waals surface area contributed by atoms with Crippen molar-refractivity contribution < 1.29 is 0 Å². The Bertz CT molecular complexity index is 588. The second-order valence-corrected chi connectivity index (χ2v) is 5.92. The van der Waals surface area contributed by atoms with E-state index in [0.29, 0.717) is 0 Å². The SMILES string of the molecule is B/C=C/C(B)=C(\C=C\Br)c1c(B)c(B)c(B)c(B)c1B. The van der Waals surface area contributed by atoms with Gasteiger partial charge >= 0.3 is 0 Å². The van der Waals surface area contributed by atoms with Crippen LogP contribution in [0, 0.1) is 0 Å². The average Bonchev–Trinajstić information content (AvgIpc) is 2.42. The van der Waals surface area contributed by atoms with Crippen molar-refractivity contribution in [2.75, 3.05) is 0 Å². The van der Waals surface area contributed by atoms with Crippen LogP contribution in [0.5, 0.6) is 0 Å². The number of halogens is 1. The highest BCUT2D eigenvalue weighted by Gasteiger charge is 2.14. The van der Waals surface area contributed by atoms with Crippen molar-refractivity contribution in [2.45, 2.75) is 0 Å². The lowest BCUT2D eigenvalue weighted by molar-refractivity contribution is 1.78. The van der Waals surface area contributed by atoms with Crippen molar-refractivity contribution >= 4 is 104 Å². The largest absolute Gasteiger partial charge is 0.140 e. The fourth-order valence-electron chi connectivity index (χ4n) is 2.72. The van der Waals surface area contributed by atoms with Gasteiger partial charge in [0.15, 0.2) is 0 Å². The molecule has 1 rings (SSSR count). The molecule has 0 aliphatic rings. The molecule has 20 heavy (non-hydrogen) atoms. The summed E-state index contributed by atoms with van der Waals surface area (Å²) in [6.07, 6.45) is 4.32. The van der Waals surface area contributed by atoms with E-state index in [2.05, 4.69) is 89.0 Å². The van der Waals surface area contributed by atoms with Crippen molar-refractivity contribution in [1.29, 1.82) is 0 Å². The van der Waals surface area contributed by atoms with Gasteiger partial charge in [0.2, 0.25) is 0 Å². The van der Waals surface area contributed by atoms with E-state index in [4.69, 9.17) is 0 Å². The molecule has 8 heteroatoms. The molecule has 94 valence electrons. The van der Waals surface area contributed by atoms with Gasteiger partial charge in [0.1, 0.15) is 54.9 Å². The quantitative estimate of drug-likeness (QED) is 0.384. The fraction of sp³-hybridized carbons (Fsp3) is 0. The van der Waals surface area contributed by atoms with Crippen molar-refractivity contribution in [1.82, 2.24) is 0 Å². The van der Waals surface area contributed by atoms with Crippen LogP contribution in [0.25, 0.3) is 5.57 Å². The van der Waals surface area contributed by atoms with E-state index in [1.807, 2.05) is 4.99 Å². The van der Waals surface area contributed by atoms with Crippen molar-refractivity contribution in [2.24, 2.45) is 0 Å². The van der Waals surface area contributed by atoms with Gasteiger partial charge in [-0.15, -0.1) is 22.4 Å². The first kappa shape index (κ1) is 17.4. The normalized spacial score (nSPS) is 13.1. The van der Waals surface area contributed by atoms with Gasteiger partial charge in [-0.25, -0.2) is 0 Å². The summed E-state index contributed by atoms with van der Waals surface area (Å²) >= 11 is 3.43. The molecule has 0 saturated heterocycles. The smallest absolute Gasteiger partial charge is 0.124 e. The Morgan fingerprint density at radius 2 is 1.25 bits per heavy atom. The molecular formula is C12H18B7Br. The van der Waals surface area contributed by atoms with Gasteiger partial charge in [-0.1, -0.05) is 38.4 Å². The third kappa shape index (κ3) is 3.34. The van der Waals surface area contributed by atoms with Crippen LogP contribution in [0.15, 0.2) is 28.6 Å². The van der Waals surface area contributed by atoms with Crippen LogP contribution >= 0.6 is 15.9 Å². The molecule has 0 nitrogen and oxygen atoms in total. The molecule has 0 aliphatic carbocycles.